The van der Waals surface area contributed by atoms with Gasteiger partial charge in [-0.25, -0.2) is 9.67 Å². The first-order valence-corrected chi connectivity index (χ1v) is 10.7. The van der Waals surface area contributed by atoms with Gasteiger partial charge in [-0.2, -0.15) is 5.10 Å². The van der Waals surface area contributed by atoms with Crippen LogP contribution in [-0.4, -0.2) is 51.8 Å². The lowest BCUT2D eigenvalue weighted by Gasteiger charge is -2.19. The Bertz CT molecular complexity index is 958. The van der Waals surface area contributed by atoms with Crippen LogP contribution >= 0.6 is 23.7 Å². The number of hydrogen-bond acceptors (Lipinski definition) is 5. The van der Waals surface area contributed by atoms with E-state index in [1.165, 1.54) is 11.3 Å². The highest BCUT2D eigenvalue weighted by atomic mass is 35.5. The normalized spacial score (nSPS) is 21.3. The molecule has 5 rings (SSSR count). The predicted octanol–water partition coefficient (Wildman–Crippen LogP) is 3.49. The number of hydrogen-bond donors (Lipinski definition) is 1. The summed E-state index contributed by atoms with van der Waals surface area (Å²) in [5.41, 5.74) is 2.49. The minimum absolute atomic E-state index is 0. The molecule has 0 saturated carbocycles. The number of carbonyl (C=O) groups is 1. The van der Waals surface area contributed by atoms with Crippen molar-refractivity contribution < 1.29 is 4.79 Å². The highest BCUT2D eigenvalue weighted by Gasteiger charge is 2.32. The number of likely N-dealkylation sites (tertiary alicyclic amines) is 1. The highest BCUT2D eigenvalue weighted by molar-refractivity contribution is 7.13. The fraction of sp³-hybridized carbons (Fsp3) is 0.381. The second-order valence-electron chi connectivity index (χ2n) is 7.59. The second kappa shape index (κ2) is 8.65. The lowest BCUT2D eigenvalue weighted by atomic mass is 9.92. The van der Waals surface area contributed by atoms with Crippen molar-refractivity contribution in [3.05, 3.63) is 53.8 Å². The van der Waals surface area contributed by atoms with Gasteiger partial charge in [0, 0.05) is 30.2 Å². The van der Waals surface area contributed by atoms with Crippen LogP contribution in [0.3, 0.4) is 0 Å². The summed E-state index contributed by atoms with van der Waals surface area (Å²) in [6, 6.07) is 9.99. The molecule has 0 radical (unpaired) electrons. The third-order valence-electron chi connectivity index (χ3n) is 5.88. The molecule has 8 heteroatoms. The van der Waals surface area contributed by atoms with E-state index in [9.17, 15) is 4.79 Å². The van der Waals surface area contributed by atoms with Gasteiger partial charge in [0.25, 0.3) is 5.91 Å². The Kier molecular flexibility index (Phi) is 5.99. The van der Waals surface area contributed by atoms with E-state index >= 15 is 0 Å². The van der Waals surface area contributed by atoms with Crippen LogP contribution in [0.15, 0.2) is 48.1 Å². The number of thiazole rings is 1. The lowest BCUT2D eigenvalue weighted by molar-refractivity contribution is 0.0753. The van der Waals surface area contributed by atoms with Gasteiger partial charge in [0.2, 0.25) is 0 Å². The Balaban J connectivity index is 0.00000205. The smallest absolute Gasteiger partial charge is 0.273 e. The van der Waals surface area contributed by atoms with Crippen LogP contribution in [0.4, 0.5) is 0 Å². The molecule has 1 N–H and O–H groups in total. The molecule has 1 amide bonds. The molecule has 2 aliphatic rings. The third kappa shape index (κ3) is 4.08. The van der Waals surface area contributed by atoms with Gasteiger partial charge in [0.15, 0.2) is 0 Å². The van der Waals surface area contributed by atoms with Crippen LogP contribution in [0.2, 0.25) is 0 Å². The average Bonchev–Trinajstić information content (AvgIpc) is 3.47. The summed E-state index contributed by atoms with van der Waals surface area (Å²) in [7, 11) is 0. The molecular weight excluding hydrogens is 406 g/mol. The van der Waals surface area contributed by atoms with E-state index < -0.39 is 0 Å². The molecule has 0 bridgehead atoms. The number of amides is 1. The van der Waals surface area contributed by atoms with Crippen molar-refractivity contribution in [2.45, 2.75) is 12.8 Å². The fourth-order valence-corrected chi connectivity index (χ4v) is 5.01. The summed E-state index contributed by atoms with van der Waals surface area (Å²) in [5.74, 6) is 1.49. The van der Waals surface area contributed by atoms with Gasteiger partial charge in [-0.15, -0.1) is 23.7 Å². The van der Waals surface area contributed by atoms with E-state index in [0.29, 0.717) is 17.5 Å². The van der Waals surface area contributed by atoms with Gasteiger partial charge in [0.05, 0.1) is 11.9 Å². The Morgan fingerprint density at radius 3 is 2.55 bits per heavy atom. The van der Waals surface area contributed by atoms with Crippen molar-refractivity contribution in [2.75, 3.05) is 26.2 Å². The van der Waals surface area contributed by atoms with E-state index in [1.54, 1.807) is 6.20 Å². The van der Waals surface area contributed by atoms with E-state index in [2.05, 4.69) is 15.4 Å². The Morgan fingerprint density at radius 2 is 1.83 bits per heavy atom. The van der Waals surface area contributed by atoms with Crippen LogP contribution in [0.25, 0.3) is 16.3 Å². The van der Waals surface area contributed by atoms with Gasteiger partial charge in [-0.05, 0) is 49.9 Å². The summed E-state index contributed by atoms with van der Waals surface area (Å²) in [6.45, 7) is 3.86. The third-order valence-corrected chi connectivity index (χ3v) is 6.77. The molecular formula is C21H24ClN5OS. The molecule has 0 unspecified atom stereocenters. The number of rotatable bonds is 3. The number of halogens is 1. The molecule has 4 heterocycles. The molecule has 1 aromatic carbocycles. The molecule has 2 aromatic heterocycles. The topological polar surface area (TPSA) is 63.1 Å². The number of carbonyl (C=O) groups excluding carboxylic acids is 1. The summed E-state index contributed by atoms with van der Waals surface area (Å²) >= 11 is 1.50. The number of para-hydroxylation sites is 1. The first-order chi connectivity index (χ1) is 13.8. The van der Waals surface area contributed by atoms with Crippen molar-refractivity contribution in [1.29, 1.82) is 0 Å². The van der Waals surface area contributed by atoms with Gasteiger partial charge in [0.1, 0.15) is 10.7 Å². The zero-order chi connectivity index (χ0) is 18.9. The van der Waals surface area contributed by atoms with Crippen LogP contribution in [-0.2, 0) is 0 Å². The van der Waals surface area contributed by atoms with Gasteiger partial charge in [-0.3, -0.25) is 4.79 Å². The van der Waals surface area contributed by atoms with E-state index in [4.69, 9.17) is 0 Å². The molecule has 29 heavy (non-hydrogen) atoms. The molecule has 0 aliphatic carbocycles. The Labute approximate surface area is 180 Å². The van der Waals surface area contributed by atoms with E-state index in [-0.39, 0.29) is 18.3 Å². The second-order valence-corrected chi connectivity index (χ2v) is 8.45. The fourth-order valence-electron chi connectivity index (χ4n) is 4.24. The van der Waals surface area contributed by atoms with Crippen molar-refractivity contribution in [3.63, 3.8) is 0 Å². The van der Waals surface area contributed by atoms with Crippen molar-refractivity contribution in [3.8, 4) is 16.3 Å². The summed E-state index contributed by atoms with van der Waals surface area (Å²) in [5, 5.41) is 10.6. The van der Waals surface area contributed by atoms with Crippen molar-refractivity contribution >= 4 is 29.7 Å². The molecule has 2 atom stereocenters. The summed E-state index contributed by atoms with van der Waals surface area (Å²) < 4.78 is 1.83. The van der Waals surface area contributed by atoms with Crippen LogP contribution in [0.1, 0.15) is 23.3 Å². The van der Waals surface area contributed by atoms with Gasteiger partial charge in [-0.1, -0.05) is 18.2 Å². The van der Waals surface area contributed by atoms with Crippen LogP contribution in [0, 0.1) is 11.8 Å². The van der Waals surface area contributed by atoms with E-state index in [1.807, 2.05) is 51.5 Å². The highest BCUT2D eigenvalue weighted by Crippen LogP contribution is 2.29. The maximum atomic E-state index is 13.0. The maximum absolute atomic E-state index is 13.0. The SMILES string of the molecule is Cl.O=C(c1csc(-c2cnn(-c3ccccc3)c2)n1)N1CC[C@@H]2CNC[C@@H]2CC1. The summed E-state index contributed by atoms with van der Waals surface area (Å²) in [6.07, 6.45) is 5.94. The number of fused-ring (bicyclic) bond motifs is 1. The lowest BCUT2D eigenvalue weighted by Crippen LogP contribution is -2.33. The molecule has 2 aliphatic heterocycles. The Morgan fingerprint density at radius 1 is 1.10 bits per heavy atom. The first kappa shape index (κ1) is 20.1. The van der Waals surface area contributed by atoms with Gasteiger partial charge < -0.3 is 10.2 Å². The molecule has 6 nitrogen and oxygen atoms in total. The number of nitrogens with one attached hydrogen (secondary N) is 1. The number of benzene rings is 1. The zero-order valence-electron chi connectivity index (χ0n) is 16.0. The standard InChI is InChI=1S/C21H23N5OS.ClH/c27-21(25-8-6-15-10-22-11-16(15)7-9-25)19-14-28-20(24-19)17-12-23-26(13-17)18-4-2-1-3-5-18;/h1-5,12-16,22H,6-11H2;1H/t15-,16+;. The molecule has 0 spiro atoms. The van der Waals surface area contributed by atoms with Crippen molar-refractivity contribution in [1.82, 2.24) is 25.0 Å². The predicted molar refractivity (Wildman–Crippen MR) is 117 cm³/mol. The monoisotopic (exact) mass is 429 g/mol. The van der Waals surface area contributed by atoms with E-state index in [0.717, 1.165) is 55.3 Å². The first-order valence-electron chi connectivity index (χ1n) is 9.84. The molecule has 3 aromatic rings. The minimum Gasteiger partial charge on any atom is -0.337 e. The molecule has 2 fully saturated rings. The van der Waals surface area contributed by atoms with Crippen LogP contribution < -0.4 is 5.32 Å². The Hall–Kier alpha value is -2.22. The van der Waals surface area contributed by atoms with Crippen LogP contribution in [0.5, 0.6) is 0 Å². The summed E-state index contributed by atoms with van der Waals surface area (Å²) in [4.78, 5) is 19.6. The number of aromatic nitrogens is 3. The van der Waals surface area contributed by atoms with Gasteiger partial charge >= 0.3 is 0 Å². The maximum Gasteiger partial charge on any atom is 0.273 e. The molecule has 152 valence electrons. The quantitative estimate of drug-likeness (QED) is 0.692. The average molecular weight is 430 g/mol. The number of nitrogens with zero attached hydrogens (tertiary/aromatic N) is 4. The molecule has 2 saturated heterocycles. The largest absolute Gasteiger partial charge is 0.337 e. The zero-order valence-corrected chi connectivity index (χ0v) is 17.7. The minimum atomic E-state index is 0. The van der Waals surface area contributed by atoms with Crippen molar-refractivity contribution in [2.24, 2.45) is 11.8 Å².